The first-order valence-electron chi connectivity index (χ1n) is 5.66. The maximum Gasteiger partial charge on any atom is 0.334 e. The van der Waals surface area contributed by atoms with Crippen molar-refractivity contribution in [1.29, 1.82) is 0 Å². The van der Waals surface area contributed by atoms with Crippen molar-refractivity contribution in [2.45, 2.75) is 26.4 Å². The third-order valence-corrected chi connectivity index (χ3v) is 2.63. The molecule has 100 valence electrons. The molecule has 0 aliphatic rings. The lowest BCUT2D eigenvalue weighted by Crippen LogP contribution is -2.44. The summed E-state index contributed by atoms with van der Waals surface area (Å²) in [6.07, 6.45) is -0.0103. The predicted octanol–water partition coefficient (Wildman–Crippen LogP) is 0.773. The average Bonchev–Trinajstić information content (AvgIpc) is 2.28. The van der Waals surface area contributed by atoms with E-state index in [-0.39, 0.29) is 12.6 Å². The zero-order valence-electron chi connectivity index (χ0n) is 10.9. The minimum Gasteiger partial charge on any atom is -0.479 e. The number of carboxylic acid groups (broad SMARTS) is 1. The van der Waals surface area contributed by atoms with Gasteiger partial charge in [-0.15, -0.1) is 0 Å². The Bertz CT molecular complexity index is 258. The molecule has 0 aromatic carbocycles. The second kappa shape index (κ2) is 7.89. The van der Waals surface area contributed by atoms with Crippen LogP contribution in [0.4, 0.5) is 4.79 Å². The number of methoxy groups -OCH3 is 1. The van der Waals surface area contributed by atoms with E-state index in [1.54, 1.807) is 11.9 Å². The van der Waals surface area contributed by atoms with Crippen molar-refractivity contribution in [1.82, 2.24) is 10.2 Å². The molecule has 6 nitrogen and oxygen atoms in total. The van der Waals surface area contributed by atoms with E-state index < -0.39 is 12.1 Å². The Morgan fingerprint density at radius 3 is 2.47 bits per heavy atom. The van der Waals surface area contributed by atoms with Crippen LogP contribution in [0.3, 0.4) is 0 Å². The van der Waals surface area contributed by atoms with Gasteiger partial charge in [0.05, 0.1) is 6.54 Å². The summed E-state index contributed by atoms with van der Waals surface area (Å²) in [5.41, 5.74) is 0. The van der Waals surface area contributed by atoms with E-state index in [1.807, 2.05) is 0 Å². The molecule has 0 aliphatic carbocycles. The third kappa shape index (κ3) is 6.11. The molecule has 0 saturated carbocycles. The molecule has 6 heteroatoms. The van der Waals surface area contributed by atoms with Crippen LogP contribution >= 0.6 is 0 Å². The van der Waals surface area contributed by atoms with Crippen LogP contribution in [0.5, 0.6) is 0 Å². The first-order chi connectivity index (χ1) is 7.92. The monoisotopic (exact) mass is 246 g/mol. The van der Waals surface area contributed by atoms with Crippen molar-refractivity contribution in [3.8, 4) is 0 Å². The van der Waals surface area contributed by atoms with Gasteiger partial charge in [0.2, 0.25) is 0 Å². The quantitative estimate of drug-likeness (QED) is 0.695. The number of nitrogens with one attached hydrogen (secondary N) is 1. The SMILES string of the molecule is CCC(C)CN(C)C(=O)NCC(OC)C(=O)O. The fourth-order valence-corrected chi connectivity index (χ4v) is 1.27. The fourth-order valence-electron chi connectivity index (χ4n) is 1.27. The molecule has 2 amide bonds. The van der Waals surface area contributed by atoms with Crippen molar-refractivity contribution in [2.75, 3.05) is 27.2 Å². The summed E-state index contributed by atoms with van der Waals surface area (Å²) in [6, 6.07) is -0.284. The van der Waals surface area contributed by atoms with Gasteiger partial charge in [0.1, 0.15) is 0 Å². The van der Waals surface area contributed by atoms with E-state index >= 15 is 0 Å². The van der Waals surface area contributed by atoms with Gasteiger partial charge < -0.3 is 20.1 Å². The number of amides is 2. The van der Waals surface area contributed by atoms with Crippen molar-refractivity contribution >= 4 is 12.0 Å². The number of aliphatic carboxylic acids is 1. The number of carboxylic acids is 1. The van der Waals surface area contributed by atoms with E-state index in [1.165, 1.54) is 7.11 Å². The standard InChI is InChI=1S/C11H22N2O4/c1-5-8(2)7-13(3)11(16)12-6-9(17-4)10(14)15/h8-9H,5-7H2,1-4H3,(H,12,16)(H,14,15). The van der Waals surface area contributed by atoms with Crippen molar-refractivity contribution < 1.29 is 19.4 Å². The number of carbonyl (C=O) groups is 2. The highest BCUT2D eigenvalue weighted by Gasteiger charge is 2.18. The van der Waals surface area contributed by atoms with Crippen LogP contribution in [0.25, 0.3) is 0 Å². The van der Waals surface area contributed by atoms with Gasteiger partial charge in [-0.05, 0) is 5.92 Å². The number of carbonyl (C=O) groups excluding carboxylic acids is 1. The van der Waals surface area contributed by atoms with Gasteiger partial charge in [-0.25, -0.2) is 9.59 Å². The summed E-state index contributed by atoms with van der Waals surface area (Å²) < 4.78 is 4.71. The molecule has 0 heterocycles. The zero-order valence-corrected chi connectivity index (χ0v) is 10.9. The van der Waals surface area contributed by atoms with Gasteiger partial charge >= 0.3 is 12.0 Å². The van der Waals surface area contributed by atoms with Crippen LogP contribution < -0.4 is 5.32 Å². The predicted molar refractivity (Wildman–Crippen MR) is 63.9 cm³/mol. The molecule has 0 radical (unpaired) electrons. The Kier molecular flexibility index (Phi) is 7.29. The Morgan fingerprint density at radius 2 is 2.06 bits per heavy atom. The van der Waals surface area contributed by atoms with Crippen molar-refractivity contribution in [2.24, 2.45) is 5.92 Å². The van der Waals surface area contributed by atoms with Gasteiger partial charge in [-0.1, -0.05) is 20.3 Å². The average molecular weight is 246 g/mol. The second-order valence-electron chi connectivity index (χ2n) is 4.14. The smallest absolute Gasteiger partial charge is 0.334 e. The lowest BCUT2D eigenvalue weighted by molar-refractivity contribution is -0.148. The summed E-state index contributed by atoms with van der Waals surface area (Å²) >= 11 is 0. The Hall–Kier alpha value is -1.30. The number of ether oxygens (including phenoxy) is 1. The Morgan fingerprint density at radius 1 is 1.47 bits per heavy atom. The maximum atomic E-state index is 11.6. The minimum atomic E-state index is -1.09. The molecule has 2 unspecified atom stereocenters. The van der Waals surface area contributed by atoms with Gasteiger partial charge in [0.25, 0.3) is 0 Å². The van der Waals surface area contributed by atoms with Crippen LogP contribution in [0.15, 0.2) is 0 Å². The first-order valence-corrected chi connectivity index (χ1v) is 5.66. The molecule has 2 N–H and O–H groups in total. The Labute approximate surface area is 102 Å². The lowest BCUT2D eigenvalue weighted by Gasteiger charge is -2.22. The van der Waals surface area contributed by atoms with Gasteiger partial charge in [-0.3, -0.25) is 0 Å². The van der Waals surface area contributed by atoms with E-state index in [4.69, 9.17) is 9.84 Å². The Balaban J connectivity index is 4.04. The number of urea groups is 1. The number of hydrogen-bond donors (Lipinski definition) is 2. The molecule has 0 spiro atoms. The zero-order chi connectivity index (χ0) is 13.4. The highest BCUT2D eigenvalue weighted by molar-refractivity contribution is 5.76. The molecule has 0 rings (SSSR count). The molecule has 0 saturated heterocycles. The molecule has 0 aliphatic heterocycles. The van der Waals surface area contributed by atoms with Crippen molar-refractivity contribution in [3.05, 3.63) is 0 Å². The normalized spacial score (nSPS) is 13.9. The number of nitrogens with zero attached hydrogens (tertiary/aromatic N) is 1. The fraction of sp³-hybridized carbons (Fsp3) is 0.818. The summed E-state index contributed by atoms with van der Waals surface area (Å²) in [4.78, 5) is 23.8. The summed E-state index contributed by atoms with van der Waals surface area (Å²) in [7, 11) is 2.98. The number of rotatable bonds is 7. The van der Waals surface area contributed by atoms with Gasteiger partial charge in [0, 0.05) is 20.7 Å². The molecular weight excluding hydrogens is 224 g/mol. The molecule has 0 bridgehead atoms. The van der Waals surface area contributed by atoms with Gasteiger partial charge in [0.15, 0.2) is 6.10 Å². The highest BCUT2D eigenvalue weighted by atomic mass is 16.5. The largest absolute Gasteiger partial charge is 0.479 e. The minimum absolute atomic E-state index is 0.0322. The van der Waals surface area contributed by atoms with E-state index in [0.717, 1.165) is 6.42 Å². The topological polar surface area (TPSA) is 78.9 Å². The van der Waals surface area contributed by atoms with Gasteiger partial charge in [-0.2, -0.15) is 0 Å². The first kappa shape index (κ1) is 15.7. The van der Waals surface area contributed by atoms with Crippen molar-refractivity contribution in [3.63, 3.8) is 0 Å². The van der Waals surface area contributed by atoms with E-state index in [0.29, 0.717) is 12.5 Å². The van der Waals surface area contributed by atoms with Crippen LogP contribution in [0.1, 0.15) is 20.3 Å². The third-order valence-electron chi connectivity index (χ3n) is 2.63. The van der Waals surface area contributed by atoms with Crippen LogP contribution in [0, 0.1) is 5.92 Å². The summed E-state index contributed by atoms with van der Waals surface area (Å²) in [5, 5.41) is 11.2. The molecule has 17 heavy (non-hydrogen) atoms. The number of hydrogen-bond acceptors (Lipinski definition) is 3. The molecule has 2 atom stereocenters. The molecule has 0 aromatic rings. The van der Waals surface area contributed by atoms with Crippen LogP contribution in [-0.4, -0.2) is 55.4 Å². The maximum absolute atomic E-state index is 11.6. The molecule has 0 fully saturated rings. The summed E-state index contributed by atoms with van der Waals surface area (Å²) in [5.74, 6) is -0.666. The summed E-state index contributed by atoms with van der Waals surface area (Å²) in [6.45, 7) is 4.73. The second-order valence-corrected chi connectivity index (χ2v) is 4.14. The van der Waals surface area contributed by atoms with E-state index in [2.05, 4.69) is 19.2 Å². The molecular formula is C11H22N2O4. The molecule has 0 aromatic heterocycles. The lowest BCUT2D eigenvalue weighted by atomic mass is 10.1. The van der Waals surface area contributed by atoms with Crippen LogP contribution in [-0.2, 0) is 9.53 Å². The van der Waals surface area contributed by atoms with E-state index in [9.17, 15) is 9.59 Å². The van der Waals surface area contributed by atoms with Crippen LogP contribution in [0.2, 0.25) is 0 Å². The highest BCUT2D eigenvalue weighted by Crippen LogP contribution is 2.02.